The second-order valence-electron chi connectivity index (χ2n) is 7.81. The molecule has 0 bridgehead atoms. The van der Waals surface area contributed by atoms with E-state index in [9.17, 15) is 18.0 Å². The largest absolute Gasteiger partial charge is 0.355 e. The van der Waals surface area contributed by atoms with E-state index < -0.39 is 16.1 Å². The zero-order chi connectivity index (χ0) is 24.4. The number of benzene rings is 2. The van der Waals surface area contributed by atoms with Gasteiger partial charge in [-0.1, -0.05) is 48.0 Å². The molecular weight excluding hydrogens is 462 g/mol. The quantitative estimate of drug-likeness (QED) is 0.490. The van der Waals surface area contributed by atoms with Gasteiger partial charge in [0.05, 0.1) is 11.9 Å². The maximum absolute atomic E-state index is 13.1. The topological polar surface area (TPSA) is 86.8 Å². The van der Waals surface area contributed by atoms with E-state index in [1.165, 1.54) is 4.31 Å². The molecule has 0 saturated heterocycles. The Balaban J connectivity index is 2.08. The van der Waals surface area contributed by atoms with E-state index in [1.54, 1.807) is 36.1 Å². The molecule has 33 heavy (non-hydrogen) atoms. The molecular formula is C24H32ClN3O4S. The highest BCUT2D eigenvalue weighted by Gasteiger charge is 2.26. The second-order valence-corrected chi connectivity index (χ2v) is 10.2. The van der Waals surface area contributed by atoms with E-state index in [4.69, 9.17) is 11.6 Å². The lowest BCUT2D eigenvalue weighted by Gasteiger charge is -2.29. The van der Waals surface area contributed by atoms with Gasteiger partial charge >= 0.3 is 0 Å². The standard InChI is InChI=1S/C24H32ClN3O4S/c1-4-26-24(30)19(2)27(17-15-20-10-6-5-7-11-20)23(29)14-9-16-28(33(3,31)32)22-13-8-12-21(25)18-22/h5-8,10-13,18-19H,4,9,14-17H2,1-3H3,(H,26,30)/t19-/m0/s1. The van der Waals surface area contributed by atoms with Gasteiger partial charge in [0.1, 0.15) is 6.04 Å². The summed E-state index contributed by atoms with van der Waals surface area (Å²) in [5.41, 5.74) is 1.52. The molecule has 0 fully saturated rings. The lowest BCUT2D eigenvalue weighted by Crippen LogP contribution is -2.48. The van der Waals surface area contributed by atoms with E-state index in [2.05, 4.69) is 5.32 Å². The van der Waals surface area contributed by atoms with Crippen molar-refractivity contribution in [1.29, 1.82) is 0 Å². The lowest BCUT2D eigenvalue weighted by molar-refractivity contribution is -0.139. The van der Waals surface area contributed by atoms with Crippen LogP contribution in [0.4, 0.5) is 5.69 Å². The molecule has 0 radical (unpaired) electrons. The van der Waals surface area contributed by atoms with Crippen LogP contribution in [-0.2, 0) is 26.0 Å². The van der Waals surface area contributed by atoms with Crippen molar-refractivity contribution in [3.63, 3.8) is 0 Å². The molecule has 1 atom stereocenters. The van der Waals surface area contributed by atoms with Crippen molar-refractivity contribution in [3.05, 3.63) is 65.2 Å². The highest BCUT2D eigenvalue weighted by molar-refractivity contribution is 7.92. The molecule has 2 amide bonds. The number of amides is 2. The third-order valence-electron chi connectivity index (χ3n) is 5.25. The molecule has 2 rings (SSSR count). The number of rotatable bonds is 12. The summed E-state index contributed by atoms with van der Waals surface area (Å²) in [5.74, 6) is -0.403. The Bertz CT molecular complexity index is 1030. The van der Waals surface area contributed by atoms with Crippen LogP contribution >= 0.6 is 11.6 Å². The van der Waals surface area contributed by atoms with Gasteiger partial charge in [-0.05, 0) is 50.5 Å². The summed E-state index contributed by atoms with van der Waals surface area (Å²) in [5, 5.41) is 3.20. The number of likely N-dealkylation sites (N-methyl/N-ethyl adjacent to an activating group) is 1. The first-order valence-corrected chi connectivity index (χ1v) is 13.2. The molecule has 0 spiro atoms. The predicted octanol–water partition coefficient (Wildman–Crippen LogP) is 3.48. The number of halogens is 1. The number of carbonyl (C=O) groups excluding carboxylic acids is 2. The number of nitrogens with one attached hydrogen (secondary N) is 1. The van der Waals surface area contributed by atoms with Gasteiger partial charge in [0.15, 0.2) is 0 Å². The van der Waals surface area contributed by atoms with Crippen LogP contribution in [0.25, 0.3) is 0 Å². The zero-order valence-corrected chi connectivity index (χ0v) is 20.9. The Morgan fingerprint density at radius 2 is 1.76 bits per heavy atom. The molecule has 2 aromatic carbocycles. The van der Waals surface area contributed by atoms with E-state index in [0.717, 1.165) is 11.8 Å². The molecule has 0 unspecified atom stereocenters. The van der Waals surface area contributed by atoms with Crippen LogP contribution in [0.2, 0.25) is 5.02 Å². The minimum absolute atomic E-state index is 0.116. The van der Waals surface area contributed by atoms with Gasteiger partial charge in [-0.25, -0.2) is 8.42 Å². The second kappa shape index (κ2) is 12.6. The Morgan fingerprint density at radius 1 is 1.06 bits per heavy atom. The van der Waals surface area contributed by atoms with E-state index in [-0.39, 0.29) is 24.8 Å². The Morgan fingerprint density at radius 3 is 2.36 bits per heavy atom. The molecule has 0 aromatic heterocycles. The summed E-state index contributed by atoms with van der Waals surface area (Å²) >= 11 is 6.02. The van der Waals surface area contributed by atoms with Crippen LogP contribution in [0.1, 0.15) is 32.3 Å². The van der Waals surface area contributed by atoms with Crippen LogP contribution in [0, 0.1) is 0 Å². The van der Waals surface area contributed by atoms with Crippen LogP contribution in [0.15, 0.2) is 54.6 Å². The van der Waals surface area contributed by atoms with E-state index in [0.29, 0.717) is 36.6 Å². The minimum atomic E-state index is -3.55. The monoisotopic (exact) mass is 493 g/mol. The van der Waals surface area contributed by atoms with Gasteiger partial charge in [0.2, 0.25) is 21.8 Å². The number of sulfonamides is 1. The first kappa shape index (κ1) is 26.7. The van der Waals surface area contributed by atoms with Crippen molar-refractivity contribution in [2.75, 3.05) is 30.2 Å². The molecule has 0 saturated carbocycles. The average molecular weight is 494 g/mol. The molecule has 1 N–H and O–H groups in total. The van der Waals surface area contributed by atoms with Gasteiger partial charge in [0.25, 0.3) is 0 Å². The summed E-state index contributed by atoms with van der Waals surface area (Å²) < 4.78 is 25.9. The molecule has 9 heteroatoms. The van der Waals surface area contributed by atoms with Crippen LogP contribution in [0.3, 0.4) is 0 Å². The van der Waals surface area contributed by atoms with Crippen molar-refractivity contribution in [1.82, 2.24) is 10.2 Å². The maximum atomic E-state index is 13.1. The Kier molecular flexibility index (Phi) is 10.2. The normalized spacial score (nSPS) is 12.1. The fourth-order valence-electron chi connectivity index (χ4n) is 3.53. The van der Waals surface area contributed by atoms with E-state index >= 15 is 0 Å². The van der Waals surface area contributed by atoms with Gasteiger partial charge in [-0.15, -0.1) is 0 Å². The maximum Gasteiger partial charge on any atom is 0.242 e. The van der Waals surface area contributed by atoms with Crippen LogP contribution < -0.4 is 9.62 Å². The van der Waals surface area contributed by atoms with Crippen LogP contribution in [-0.4, -0.2) is 57.1 Å². The van der Waals surface area contributed by atoms with Gasteiger partial charge in [-0.3, -0.25) is 13.9 Å². The molecule has 0 aliphatic carbocycles. The molecule has 0 aliphatic heterocycles. The Labute approximate surface area is 201 Å². The van der Waals surface area contributed by atoms with Crippen molar-refractivity contribution < 1.29 is 18.0 Å². The molecule has 180 valence electrons. The van der Waals surface area contributed by atoms with Crippen molar-refractivity contribution in [3.8, 4) is 0 Å². The van der Waals surface area contributed by atoms with Gasteiger partial charge in [-0.2, -0.15) is 0 Å². The number of nitrogens with zero attached hydrogens (tertiary/aromatic N) is 2. The number of hydrogen-bond acceptors (Lipinski definition) is 4. The van der Waals surface area contributed by atoms with Crippen molar-refractivity contribution in [2.45, 2.75) is 39.2 Å². The van der Waals surface area contributed by atoms with E-state index in [1.807, 2.05) is 37.3 Å². The highest BCUT2D eigenvalue weighted by atomic mass is 35.5. The Hall–Kier alpha value is -2.58. The zero-order valence-electron chi connectivity index (χ0n) is 19.3. The van der Waals surface area contributed by atoms with Crippen molar-refractivity contribution >= 4 is 39.1 Å². The minimum Gasteiger partial charge on any atom is -0.355 e. The highest BCUT2D eigenvalue weighted by Crippen LogP contribution is 2.22. The predicted molar refractivity (Wildman–Crippen MR) is 133 cm³/mol. The SMILES string of the molecule is CCNC(=O)[C@H](C)N(CCc1ccccc1)C(=O)CCCN(c1cccc(Cl)c1)S(C)(=O)=O. The summed E-state index contributed by atoms with van der Waals surface area (Å²) in [7, 11) is -3.55. The summed E-state index contributed by atoms with van der Waals surface area (Å²) in [4.78, 5) is 27.1. The molecule has 2 aromatic rings. The number of carbonyl (C=O) groups is 2. The summed E-state index contributed by atoms with van der Waals surface area (Å²) in [6.45, 7) is 4.55. The van der Waals surface area contributed by atoms with Gasteiger partial charge < -0.3 is 10.2 Å². The van der Waals surface area contributed by atoms with Crippen LogP contribution in [0.5, 0.6) is 0 Å². The fraction of sp³-hybridized carbons (Fsp3) is 0.417. The third-order valence-corrected chi connectivity index (χ3v) is 6.68. The van der Waals surface area contributed by atoms with Gasteiger partial charge in [0, 0.05) is 31.1 Å². The average Bonchev–Trinajstić information content (AvgIpc) is 2.76. The van der Waals surface area contributed by atoms with Crippen molar-refractivity contribution in [2.24, 2.45) is 0 Å². The molecule has 0 aliphatic rings. The first-order valence-electron chi connectivity index (χ1n) is 11.0. The smallest absolute Gasteiger partial charge is 0.242 e. The molecule has 0 heterocycles. The number of anilines is 1. The summed E-state index contributed by atoms with van der Waals surface area (Å²) in [6, 6.07) is 15.7. The molecule has 7 nitrogen and oxygen atoms in total. The fourth-order valence-corrected chi connectivity index (χ4v) is 4.67. The third kappa shape index (κ3) is 8.37. The summed E-state index contributed by atoms with van der Waals surface area (Å²) in [6.07, 6.45) is 2.17. The lowest BCUT2D eigenvalue weighted by atomic mass is 10.1. The number of hydrogen-bond donors (Lipinski definition) is 1. The first-order chi connectivity index (χ1) is 15.6.